The molecule has 1 heterocycles. The van der Waals surface area contributed by atoms with Crippen LogP contribution in [0.5, 0.6) is 23.0 Å². The average molecular weight is 418 g/mol. The lowest BCUT2D eigenvalue weighted by Gasteiger charge is -2.15. The first kappa shape index (κ1) is 20.3. The van der Waals surface area contributed by atoms with Crippen molar-refractivity contribution in [1.29, 1.82) is 0 Å². The Kier molecular flexibility index (Phi) is 6.46. The molecule has 0 aliphatic heterocycles. The Morgan fingerprint density at radius 1 is 1.10 bits per heavy atom. The van der Waals surface area contributed by atoms with Gasteiger partial charge in [-0.1, -0.05) is 17.7 Å². The predicted molar refractivity (Wildman–Crippen MR) is 108 cm³/mol. The Morgan fingerprint density at radius 2 is 1.90 bits per heavy atom. The smallest absolute Gasteiger partial charge is 0.259 e. The minimum absolute atomic E-state index is 0.163. The molecule has 152 valence electrons. The number of aromatic nitrogens is 2. The zero-order chi connectivity index (χ0) is 20.8. The van der Waals surface area contributed by atoms with Crippen molar-refractivity contribution in [1.82, 2.24) is 9.78 Å². The van der Waals surface area contributed by atoms with Crippen molar-refractivity contribution in [2.45, 2.75) is 6.73 Å². The van der Waals surface area contributed by atoms with Gasteiger partial charge in [-0.3, -0.25) is 4.79 Å². The van der Waals surface area contributed by atoms with Gasteiger partial charge < -0.3 is 24.3 Å². The number of hydrogen-bond acceptors (Lipinski definition) is 6. The molecule has 9 heteroatoms. The lowest BCUT2D eigenvalue weighted by molar-refractivity contribution is 0.102. The summed E-state index contributed by atoms with van der Waals surface area (Å²) in [7, 11) is 4.45. The Morgan fingerprint density at radius 3 is 2.59 bits per heavy atom. The highest BCUT2D eigenvalue weighted by Crippen LogP contribution is 2.39. The topological polar surface area (TPSA) is 83.8 Å². The predicted octanol–water partition coefficient (Wildman–Crippen LogP) is 3.85. The largest absolute Gasteiger partial charge is 0.493 e. The fraction of sp³-hybridized carbons (Fsp3) is 0.200. The number of methoxy groups -OCH3 is 3. The van der Waals surface area contributed by atoms with Crippen molar-refractivity contribution >= 4 is 23.2 Å². The molecule has 8 nitrogen and oxygen atoms in total. The highest BCUT2D eigenvalue weighted by molar-refractivity contribution is 6.30. The average Bonchev–Trinajstić information content (AvgIpc) is 3.18. The first-order valence-electron chi connectivity index (χ1n) is 8.57. The highest BCUT2D eigenvalue weighted by Gasteiger charge is 2.21. The molecule has 0 saturated carbocycles. The molecule has 1 N–H and O–H groups in total. The number of rotatable bonds is 8. The third-order valence-corrected chi connectivity index (χ3v) is 4.23. The molecule has 0 unspecified atom stereocenters. The van der Waals surface area contributed by atoms with Crippen LogP contribution >= 0.6 is 11.6 Å². The number of carbonyl (C=O) groups excluding carboxylic acids is 1. The van der Waals surface area contributed by atoms with E-state index >= 15 is 0 Å². The van der Waals surface area contributed by atoms with Crippen LogP contribution in [0.15, 0.2) is 48.8 Å². The third-order valence-electron chi connectivity index (χ3n) is 4.00. The van der Waals surface area contributed by atoms with E-state index in [1.54, 1.807) is 47.3 Å². The molecule has 0 bridgehead atoms. The highest BCUT2D eigenvalue weighted by atomic mass is 35.5. The van der Waals surface area contributed by atoms with E-state index < -0.39 is 0 Å². The van der Waals surface area contributed by atoms with E-state index in [4.69, 9.17) is 30.5 Å². The zero-order valence-electron chi connectivity index (χ0n) is 16.1. The standard InChI is InChI=1S/C20H20ClN3O5/c1-26-17-8-7-16(18(27-2)19(17)28-3)20(25)23-14-10-22-24(11-14)12-29-15-6-4-5-13(21)9-15/h4-11H,12H2,1-3H3,(H,23,25). The normalized spacial score (nSPS) is 10.3. The van der Waals surface area contributed by atoms with Crippen molar-refractivity contribution in [2.24, 2.45) is 0 Å². The van der Waals surface area contributed by atoms with E-state index in [0.717, 1.165) is 0 Å². The molecular weight excluding hydrogens is 398 g/mol. The van der Waals surface area contributed by atoms with E-state index in [1.165, 1.54) is 27.5 Å². The summed E-state index contributed by atoms with van der Waals surface area (Å²) in [6, 6.07) is 10.3. The van der Waals surface area contributed by atoms with Gasteiger partial charge in [0, 0.05) is 5.02 Å². The fourth-order valence-corrected chi connectivity index (χ4v) is 2.85. The molecule has 0 radical (unpaired) electrons. The van der Waals surface area contributed by atoms with Crippen molar-refractivity contribution in [3.05, 3.63) is 59.4 Å². The second kappa shape index (κ2) is 9.20. The fourth-order valence-electron chi connectivity index (χ4n) is 2.67. The number of amides is 1. The molecule has 1 aromatic heterocycles. The summed E-state index contributed by atoms with van der Waals surface area (Å²) in [5, 5.41) is 7.53. The van der Waals surface area contributed by atoms with Crippen LogP contribution in [0.1, 0.15) is 10.4 Å². The van der Waals surface area contributed by atoms with Crippen LogP contribution in [0.2, 0.25) is 5.02 Å². The van der Waals surface area contributed by atoms with E-state index in [1.807, 2.05) is 0 Å². The molecule has 0 fully saturated rings. The number of hydrogen-bond donors (Lipinski definition) is 1. The van der Waals surface area contributed by atoms with Gasteiger partial charge in [0.2, 0.25) is 5.75 Å². The van der Waals surface area contributed by atoms with Gasteiger partial charge in [-0.25, -0.2) is 4.68 Å². The molecule has 0 aliphatic rings. The van der Waals surface area contributed by atoms with E-state index in [2.05, 4.69) is 10.4 Å². The minimum atomic E-state index is -0.377. The van der Waals surface area contributed by atoms with Crippen molar-refractivity contribution < 1.29 is 23.7 Å². The van der Waals surface area contributed by atoms with E-state index in [-0.39, 0.29) is 18.4 Å². The maximum Gasteiger partial charge on any atom is 0.259 e. The summed E-state index contributed by atoms with van der Waals surface area (Å²) in [6.45, 7) is 0.163. The number of halogens is 1. The van der Waals surface area contributed by atoms with Crippen LogP contribution < -0.4 is 24.3 Å². The zero-order valence-corrected chi connectivity index (χ0v) is 16.9. The molecule has 2 aromatic carbocycles. The molecule has 0 spiro atoms. The molecule has 3 aromatic rings. The summed E-state index contributed by atoms with van der Waals surface area (Å²) in [5.41, 5.74) is 0.801. The molecule has 29 heavy (non-hydrogen) atoms. The second-order valence-electron chi connectivity index (χ2n) is 5.84. The van der Waals surface area contributed by atoms with Gasteiger partial charge in [-0.2, -0.15) is 5.10 Å². The quantitative estimate of drug-likeness (QED) is 0.599. The molecule has 0 aliphatic carbocycles. The first-order chi connectivity index (χ1) is 14.0. The van der Waals surface area contributed by atoms with Gasteiger partial charge in [-0.15, -0.1) is 0 Å². The summed E-state index contributed by atoms with van der Waals surface area (Å²) in [5.74, 6) is 1.33. The molecule has 3 rings (SSSR count). The van der Waals surface area contributed by atoms with Gasteiger partial charge in [0.15, 0.2) is 18.2 Å². The lowest BCUT2D eigenvalue weighted by atomic mass is 10.1. The Balaban J connectivity index is 1.70. The minimum Gasteiger partial charge on any atom is -0.493 e. The monoisotopic (exact) mass is 417 g/mol. The molecule has 0 atom stereocenters. The van der Waals surface area contributed by atoms with Crippen molar-refractivity contribution in [3.8, 4) is 23.0 Å². The summed E-state index contributed by atoms with van der Waals surface area (Å²) in [4.78, 5) is 12.7. The number of ether oxygens (including phenoxy) is 4. The van der Waals surface area contributed by atoms with E-state index in [0.29, 0.717) is 33.5 Å². The number of nitrogens with zero attached hydrogens (tertiary/aromatic N) is 2. The Bertz CT molecular complexity index is 1010. The summed E-state index contributed by atoms with van der Waals surface area (Å²) >= 11 is 5.93. The summed E-state index contributed by atoms with van der Waals surface area (Å²) in [6.07, 6.45) is 3.17. The van der Waals surface area contributed by atoms with Crippen LogP contribution in [0.4, 0.5) is 5.69 Å². The van der Waals surface area contributed by atoms with Crippen molar-refractivity contribution in [2.75, 3.05) is 26.6 Å². The van der Waals surface area contributed by atoms with Crippen LogP contribution in [-0.4, -0.2) is 37.0 Å². The van der Waals surface area contributed by atoms with Crippen LogP contribution in [0.3, 0.4) is 0 Å². The Hall–Kier alpha value is -3.39. The van der Waals surface area contributed by atoms with Crippen molar-refractivity contribution in [3.63, 3.8) is 0 Å². The maximum absolute atomic E-state index is 12.7. The second-order valence-corrected chi connectivity index (χ2v) is 6.27. The molecule has 1 amide bonds. The number of carbonyl (C=O) groups is 1. The third kappa shape index (κ3) is 4.72. The maximum atomic E-state index is 12.7. The summed E-state index contributed by atoms with van der Waals surface area (Å²) < 4.78 is 23.1. The van der Waals surface area contributed by atoms with Gasteiger partial charge in [0.25, 0.3) is 5.91 Å². The van der Waals surface area contributed by atoms with Gasteiger partial charge in [0.05, 0.1) is 45.0 Å². The van der Waals surface area contributed by atoms with Crippen LogP contribution in [-0.2, 0) is 6.73 Å². The Labute approximate surface area is 172 Å². The number of benzene rings is 2. The van der Waals surface area contributed by atoms with Crippen LogP contribution in [0.25, 0.3) is 0 Å². The van der Waals surface area contributed by atoms with Gasteiger partial charge in [0.1, 0.15) is 5.75 Å². The number of nitrogens with one attached hydrogen (secondary N) is 1. The molecular formula is C20H20ClN3O5. The van der Waals surface area contributed by atoms with Gasteiger partial charge >= 0.3 is 0 Å². The van der Waals surface area contributed by atoms with Gasteiger partial charge in [-0.05, 0) is 30.3 Å². The van der Waals surface area contributed by atoms with Crippen LogP contribution in [0, 0.1) is 0 Å². The lowest BCUT2D eigenvalue weighted by Crippen LogP contribution is -2.13. The van der Waals surface area contributed by atoms with E-state index in [9.17, 15) is 4.79 Å². The number of anilines is 1. The molecule has 0 saturated heterocycles. The first-order valence-corrected chi connectivity index (χ1v) is 8.94. The SMILES string of the molecule is COc1ccc(C(=O)Nc2cnn(COc3cccc(Cl)c3)c2)c(OC)c1OC.